The standard InChI is InChI=1S/C42H33N5O2S2/c1-4-47(5-2)28-19-18-26-22-30(40-43-31-12-6-7-13-32(31)44-40)36(49-35(26)23-28)24-29-21-27(20-25(3)48-29)39(41-45-33-14-8-10-16-37(33)50-41)42-46-34-15-9-11-17-38(34)51-42/h6-24H,4-5H2,1-3H3,(H,43,44). The molecule has 0 bridgehead atoms. The minimum atomic E-state index is 0.639. The van der Waals surface area contributed by atoms with Gasteiger partial charge in [-0.1, -0.05) is 36.4 Å². The molecule has 0 fully saturated rings. The second kappa shape index (κ2) is 12.8. The smallest absolute Gasteiger partial charge is 0.142 e. The normalized spacial score (nSPS) is 15.0. The van der Waals surface area contributed by atoms with E-state index in [-0.39, 0.29) is 0 Å². The summed E-state index contributed by atoms with van der Waals surface area (Å²) in [6, 6.07) is 31.0. The van der Waals surface area contributed by atoms with E-state index >= 15 is 0 Å². The van der Waals surface area contributed by atoms with Gasteiger partial charge in [0, 0.05) is 36.5 Å². The summed E-state index contributed by atoms with van der Waals surface area (Å²) in [5.41, 5.74) is 8.68. The minimum absolute atomic E-state index is 0.639. The number of aromatic nitrogens is 4. The highest BCUT2D eigenvalue weighted by Gasteiger charge is 2.25. The molecule has 7 nitrogen and oxygen atoms in total. The maximum absolute atomic E-state index is 6.79. The number of anilines is 1. The summed E-state index contributed by atoms with van der Waals surface area (Å²) >= 11 is 3.35. The van der Waals surface area contributed by atoms with Crippen molar-refractivity contribution in [3.8, 4) is 5.75 Å². The maximum atomic E-state index is 6.79. The zero-order chi connectivity index (χ0) is 34.5. The number of rotatable bonds is 7. The summed E-state index contributed by atoms with van der Waals surface area (Å²) in [4.78, 5) is 21.0. The van der Waals surface area contributed by atoms with Crippen molar-refractivity contribution in [3.05, 3.63) is 153 Å². The van der Waals surface area contributed by atoms with Crippen LogP contribution in [0.3, 0.4) is 0 Å². The summed E-state index contributed by atoms with van der Waals surface area (Å²) in [7, 11) is 0. The van der Waals surface area contributed by atoms with Gasteiger partial charge in [0.25, 0.3) is 0 Å². The molecule has 0 spiro atoms. The molecule has 0 atom stereocenters. The average Bonchev–Trinajstić information content (AvgIpc) is 3.88. The number of thiazole rings is 2. The number of H-pyrrole nitrogens is 1. The third kappa shape index (κ3) is 5.84. The van der Waals surface area contributed by atoms with Crippen molar-refractivity contribution < 1.29 is 9.47 Å². The van der Waals surface area contributed by atoms with Gasteiger partial charge in [0.15, 0.2) is 0 Å². The van der Waals surface area contributed by atoms with Crippen LogP contribution in [0.2, 0.25) is 0 Å². The van der Waals surface area contributed by atoms with Crippen molar-refractivity contribution in [2.75, 3.05) is 18.0 Å². The van der Waals surface area contributed by atoms with Crippen LogP contribution >= 0.6 is 22.7 Å². The molecule has 4 aromatic carbocycles. The average molecular weight is 704 g/mol. The molecule has 0 amide bonds. The van der Waals surface area contributed by atoms with Crippen LogP contribution in [0, 0.1) is 0 Å². The predicted molar refractivity (Wildman–Crippen MR) is 211 cm³/mol. The number of imidazole rings is 1. The Morgan fingerprint density at radius 2 is 1.41 bits per heavy atom. The van der Waals surface area contributed by atoms with Gasteiger partial charge in [-0.05, 0) is 93.1 Å². The number of aromatic amines is 1. The highest BCUT2D eigenvalue weighted by Crippen LogP contribution is 2.42. The maximum Gasteiger partial charge on any atom is 0.142 e. The molecule has 2 aliphatic rings. The van der Waals surface area contributed by atoms with Gasteiger partial charge in [-0.2, -0.15) is 0 Å². The van der Waals surface area contributed by atoms with Crippen LogP contribution in [0.1, 0.15) is 42.2 Å². The molecule has 0 aliphatic carbocycles. The van der Waals surface area contributed by atoms with E-state index in [1.165, 1.54) is 0 Å². The van der Waals surface area contributed by atoms with Gasteiger partial charge >= 0.3 is 0 Å². The molecule has 1 N–H and O–H groups in total. The second-order valence-electron chi connectivity index (χ2n) is 12.4. The lowest BCUT2D eigenvalue weighted by Gasteiger charge is -2.25. The Kier molecular flexibility index (Phi) is 7.86. The highest BCUT2D eigenvalue weighted by atomic mass is 32.1. The molecule has 51 heavy (non-hydrogen) atoms. The van der Waals surface area contributed by atoms with Gasteiger partial charge in [-0.3, -0.25) is 0 Å². The number of benzene rings is 4. The number of hydrogen-bond donors (Lipinski definition) is 1. The first kappa shape index (κ1) is 31.2. The van der Waals surface area contributed by atoms with Crippen molar-refractivity contribution in [3.63, 3.8) is 0 Å². The molecular formula is C42H33N5O2S2. The Labute approximate surface area is 303 Å². The van der Waals surface area contributed by atoms with Crippen molar-refractivity contribution >= 4 is 77.0 Å². The molecule has 2 aliphatic heterocycles. The molecular weight excluding hydrogens is 671 g/mol. The zero-order valence-corrected chi connectivity index (χ0v) is 29.9. The van der Waals surface area contributed by atoms with Crippen molar-refractivity contribution in [2.45, 2.75) is 20.8 Å². The fourth-order valence-electron chi connectivity index (χ4n) is 6.59. The Hall–Kier alpha value is -5.77. The van der Waals surface area contributed by atoms with E-state index in [2.05, 4.69) is 96.6 Å². The molecule has 0 saturated carbocycles. The van der Waals surface area contributed by atoms with Gasteiger partial charge in [0.1, 0.15) is 38.9 Å². The van der Waals surface area contributed by atoms with E-state index in [0.29, 0.717) is 11.5 Å². The van der Waals surface area contributed by atoms with Crippen LogP contribution in [-0.4, -0.2) is 33.0 Å². The summed E-state index contributed by atoms with van der Waals surface area (Å²) in [5, 5.41) is 1.82. The Bertz CT molecular complexity index is 2470. The molecule has 9 heteroatoms. The minimum Gasteiger partial charge on any atom is -0.462 e. The van der Waals surface area contributed by atoms with E-state index in [1.807, 2.05) is 49.4 Å². The van der Waals surface area contributed by atoms with Crippen LogP contribution in [0.4, 0.5) is 5.69 Å². The molecule has 0 saturated heterocycles. The van der Waals surface area contributed by atoms with Crippen LogP contribution < -0.4 is 9.64 Å². The summed E-state index contributed by atoms with van der Waals surface area (Å²) < 4.78 is 15.5. The van der Waals surface area contributed by atoms with E-state index in [9.17, 15) is 0 Å². The van der Waals surface area contributed by atoms with Gasteiger partial charge < -0.3 is 19.4 Å². The fraction of sp³-hybridized carbons (Fsp3) is 0.119. The van der Waals surface area contributed by atoms with Crippen LogP contribution in [0.25, 0.3) is 48.7 Å². The summed E-state index contributed by atoms with van der Waals surface area (Å²) in [6.07, 6.45) is 8.25. The van der Waals surface area contributed by atoms with Crippen molar-refractivity contribution in [2.24, 2.45) is 0 Å². The van der Waals surface area contributed by atoms with Gasteiger partial charge in [-0.25, -0.2) is 15.0 Å². The third-order valence-electron chi connectivity index (χ3n) is 9.07. The second-order valence-corrected chi connectivity index (χ2v) is 14.4. The Morgan fingerprint density at radius 1 is 0.745 bits per heavy atom. The number of fused-ring (bicyclic) bond motifs is 4. The number of para-hydroxylation sites is 4. The first-order valence-corrected chi connectivity index (χ1v) is 18.7. The number of ether oxygens (including phenoxy) is 2. The topological polar surface area (TPSA) is 76.2 Å². The summed E-state index contributed by atoms with van der Waals surface area (Å²) in [5.74, 6) is 3.55. The first-order valence-electron chi connectivity index (χ1n) is 17.0. The molecule has 0 unspecified atom stereocenters. The highest BCUT2D eigenvalue weighted by molar-refractivity contribution is 7.22. The summed E-state index contributed by atoms with van der Waals surface area (Å²) in [6.45, 7) is 8.12. The monoisotopic (exact) mass is 703 g/mol. The molecule has 3 aromatic heterocycles. The van der Waals surface area contributed by atoms with E-state index < -0.39 is 0 Å². The van der Waals surface area contributed by atoms with E-state index in [1.54, 1.807) is 22.7 Å². The largest absolute Gasteiger partial charge is 0.462 e. The Morgan fingerprint density at radius 3 is 2.08 bits per heavy atom. The lowest BCUT2D eigenvalue weighted by Crippen LogP contribution is -2.22. The van der Waals surface area contributed by atoms with Crippen molar-refractivity contribution in [1.29, 1.82) is 0 Å². The first-order chi connectivity index (χ1) is 25.0. The lowest BCUT2D eigenvalue weighted by molar-refractivity contribution is 0.314. The quantitative estimate of drug-likeness (QED) is 0.178. The lowest BCUT2D eigenvalue weighted by atomic mass is 10.0. The molecule has 250 valence electrons. The van der Waals surface area contributed by atoms with Gasteiger partial charge in [-0.15, -0.1) is 22.7 Å². The predicted octanol–water partition coefficient (Wildman–Crippen LogP) is 10.8. The van der Waals surface area contributed by atoms with Crippen LogP contribution in [0.15, 0.2) is 132 Å². The molecule has 5 heterocycles. The van der Waals surface area contributed by atoms with Crippen LogP contribution in [-0.2, 0) is 4.74 Å². The molecule has 0 radical (unpaired) electrons. The van der Waals surface area contributed by atoms with Crippen LogP contribution in [0.5, 0.6) is 5.75 Å². The molecule has 7 aromatic rings. The Balaban J connectivity index is 1.22. The number of allylic oxidation sites excluding steroid dienone is 6. The van der Waals surface area contributed by atoms with E-state index in [4.69, 9.17) is 24.4 Å². The van der Waals surface area contributed by atoms with E-state index in [0.717, 1.165) is 99.9 Å². The number of nitrogens with one attached hydrogen (secondary N) is 1. The molecule has 9 rings (SSSR count). The van der Waals surface area contributed by atoms with Crippen molar-refractivity contribution in [1.82, 2.24) is 19.9 Å². The fourth-order valence-corrected chi connectivity index (χ4v) is 8.72. The number of nitrogens with zero attached hydrogens (tertiary/aromatic N) is 4. The SMILES string of the molecule is CCN(CC)c1ccc2c(c1)OC(=CC1=CC(=C(c3nc4ccccc4s3)c3nc4ccccc4s3)C=C(C)O1)C(c1nc3ccccc3[nH]1)=C2. The third-order valence-corrected chi connectivity index (χ3v) is 11.2. The van der Waals surface area contributed by atoms with Gasteiger partial charge in [0.05, 0.1) is 42.6 Å². The zero-order valence-electron chi connectivity index (χ0n) is 28.3. The number of hydrogen-bond acceptors (Lipinski definition) is 8. The van der Waals surface area contributed by atoms with Gasteiger partial charge in [0.2, 0.25) is 0 Å².